The number of nitrogens with zero attached hydrogens (tertiary/aromatic N) is 2. The third kappa shape index (κ3) is 5.33. The zero-order valence-electron chi connectivity index (χ0n) is 23.9. The third-order valence-corrected chi connectivity index (χ3v) is 10.2. The molecule has 3 fully saturated rings. The van der Waals surface area contributed by atoms with E-state index in [2.05, 4.69) is 14.9 Å². The average Bonchev–Trinajstić information content (AvgIpc) is 3.67. The molecular formula is C31H30Cl2F2N4O4S. The van der Waals surface area contributed by atoms with Crippen molar-refractivity contribution in [2.24, 2.45) is 11.8 Å². The summed E-state index contributed by atoms with van der Waals surface area (Å²) in [6.07, 6.45) is 3.50. The highest BCUT2D eigenvalue weighted by Crippen LogP contribution is 2.60. The molecule has 6 rings (SSSR count). The second-order valence-corrected chi connectivity index (χ2v) is 14.5. The molecule has 0 unspecified atom stereocenters. The molecule has 2 aliphatic heterocycles. The van der Waals surface area contributed by atoms with E-state index in [1.54, 1.807) is 30.3 Å². The van der Waals surface area contributed by atoms with Crippen molar-refractivity contribution in [3.63, 3.8) is 0 Å². The molecule has 2 heterocycles. The van der Waals surface area contributed by atoms with E-state index in [4.69, 9.17) is 23.2 Å². The molecule has 1 aliphatic carbocycles. The van der Waals surface area contributed by atoms with Crippen molar-refractivity contribution in [3.05, 3.63) is 87.4 Å². The van der Waals surface area contributed by atoms with E-state index in [9.17, 15) is 18.0 Å². The Morgan fingerprint density at radius 1 is 1.07 bits per heavy atom. The molecule has 0 aromatic heterocycles. The number of anilines is 3. The number of hydrogen-bond acceptors (Lipinski definition) is 5. The van der Waals surface area contributed by atoms with Gasteiger partial charge in [-0.25, -0.2) is 17.2 Å². The van der Waals surface area contributed by atoms with Crippen LogP contribution in [0.2, 0.25) is 10.0 Å². The molecule has 2 saturated heterocycles. The van der Waals surface area contributed by atoms with Crippen LogP contribution in [-0.4, -0.2) is 51.0 Å². The summed E-state index contributed by atoms with van der Waals surface area (Å²) in [5, 5.41) is 3.07. The smallest absolute Gasteiger partial charge is 0.232 e. The fourth-order valence-electron chi connectivity index (χ4n) is 7.08. The van der Waals surface area contributed by atoms with E-state index in [-0.39, 0.29) is 34.4 Å². The van der Waals surface area contributed by atoms with Gasteiger partial charge in [0.15, 0.2) is 0 Å². The van der Waals surface area contributed by atoms with E-state index in [0.717, 1.165) is 25.2 Å². The van der Waals surface area contributed by atoms with Crippen molar-refractivity contribution >= 4 is 62.6 Å². The van der Waals surface area contributed by atoms with E-state index >= 15 is 8.78 Å². The van der Waals surface area contributed by atoms with Gasteiger partial charge in [0.05, 0.1) is 28.4 Å². The summed E-state index contributed by atoms with van der Waals surface area (Å²) in [7, 11) is -3.72. The maximum atomic E-state index is 16.0. The normalized spacial score (nSPS) is 25.3. The van der Waals surface area contributed by atoms with Crippen LogP contribution in [-0.2, 0) is 25.2 Å². The number of likely N-dealkylation sites (tertiary alicyclic amines) is 1. The van der Waals surface area contributed by atoms with E-state index in [1.807, 2.05) is 6.92 Å². The number of halogens is 4. The standard InChI is InChI=1S/C31H30Cl2F2N4O4S/c1-31(21-10-8-18(32)12-25(21)36-16-40)28(20-4-3-5-22(33)29(20)35)27-26(39(31)14-17-6-7-17)15-38(30(27)41)19-9-11-24(23(34)13-19)37-44(2,42)43/h3-5,8-13,16-17,26-28,37H,6-7,14-15H2,1-2H3,(H,36,40)/t26-,27+,28-,31+/m0/s1. The highest BCUT2D eigenvalue weighted by atomic mass is 35.5. The first-order valence-electron chi connectivity index (χ1n) is 14.1. The maximum Gasteiger partial charge on any atom is 0.232 e. The summed E-state index contributed by atoms with van der Waals surface area (Å²) in [5.74, 6) is -2.94. The molecule has 3 aromatic rings. The third-order valence-electron chi connectivity index (χ3n) is 9.07. The number of benzene rings is 3. The van der Waals surface area contributed by atoms with Gasteiger partial charge < -0.3 is 10.2 Å². The first kappa shape index (κ1) is 30.8. The number of amides is 2. The number of carbonyl (C=O) groups excluding carboxylic acids is 2. The highest BCUT2D eigenvalue weighted by molar-refractivity contribution is 7.92. The SMILES string of the molecule is C[C@@]1(c2ccc(Cl)cc2NC=O)[C@@H](c2cccc(Cl)c2F)[C@@H]2C(=O)N(c3ccc(NS(C)(=O)=O)c(F)c3)C[C@@H]2N1CC1CC1. The molecule has 2 amide bonds. The zero-order valence-corrected chi connectivity index (χ0v) is 26.2. The fraction of sp³-hybridized carbons (Fsp3) is 0.355. The van der Waals surface area contributed by atoms with Gasteiger partial charge in [0.2, 0.25) is 22.3 Å². The number of fused-ring (bicyclic) bond motifs is 1. The first-order chi connectivity index (χ1) is 20.8. The molecule has 13 heteroatoms. The monoisotopic (exact) mass is 662 g/mol. The van der Waals surface area contributed by atoms with Crippen LogP contribution in [0, 0.1) is 23.5 Å². The first-order valence-corrected chi connectivity index (χ1v) is 16.8. The van der Waals surface area contributed by atoms with Crippen LogP contribution < -0.4 is 14.9 Å². The van der Waals surface area contributed by atoms with Crippen LogP contribution in [0.3, 0.4) is 0 Å². The Bertz CT molecular complexity index is 1770. The Labute approximate surface area is 264 Å². The van der Waals surface area contributed by atoms with Gasteiger partial charge in [-0.15, -0.1) is 0 Å². The van der Waals surface area contributed by atoms with Crippen LogP contribution in [0.1, 0.15) is 36.8 Å². The molecule has 0 bridgehead atoms. The van der Waals surface area contributed by atoms with Crippen LogP contribution in [0.15, 0.2) is 54.6 Å². The molecule has 1 saturated carbocycles. The molecule has 3 aliphatic rings. The summed E-state index contributed by atoms with van der Waals surface area (Å²) in [5.41, 5.74) is 0.417. The Hall–Kier alpha value is -3.25. The number of hydrogen-bond donors (Lipinski definition) is 2. The predicted molar refractivity (Wildman–Crippen MR) is 167 cm³/mol. The van der Waals surface area contributed by atoms with Gasteiger partial charge in [0, 0.05) is 41.4 Å². The number of nitrogens with one attached hydrogen (secondary N) is 2. The molecule has 8 nitrogen and oxygen atoms in total. The van der Waals surface area contributed by atoms with Gasteiger partial charge in [-0.1, -0.05) is 41.4 Å². The minimum absolute atomic E-state index is 0.0808. The second-order valence-electron chi connectivity index (χ2n) is 11.9. The topological polar surface area (TPSA) is 98.8 Å². The summed E-state index contributed by atoms with van der Waals surface area (Å²) < 4.78 is 56.5. The number of rotatable bonds is 9. The van der Waals surface area contributed by atoms with E-state index in [0.29, 0.717) is 35.1 Å². The molecule has 4 atom stereocenters. The van der Waals surface area contributed by atoms with Crippen LogP contribution in [0.25, 0.3) is 0 Å². The summed E-state index contributed by atoms with van der Waals surface area (Å²) in [4.78, 5) is 29.8. The number of carbonyl (C=O) groups is 2. The highest BCUT2D eigenvalue weighted by Gasteiger charge is 2.65. The minimum atomic E-state index is -3.72. The largest absolute Gasteiger partial charge is 0.328 e. The van der Waals surface area contributed by atoms with Crippen LogP contribution in [0.5, 0.6) is 0 Å². The lowest BCUT2D eigenvalue weighted by Crippen LogP contribution is -2.49. The molecule has 2 N–H and O–H groups in total. The van der Waals surface area contributed by atoms with Gasteiger partial charge in [0.1, 0.15) is 11.6 Å². The quantitative estimate of drug-likeness (QED) is 0.275. The molecule has 0 radical (unpaired) electrons. The average molecular weight is 664 g/mol. The van der Waals surface area contributed by atoms with Crippen molar-refractivity contribution in [3.8, 4) is 0 Å². The van der Waals surface area contributed by atoms with Gasteiger partial charge >= 0.3 is 0 Å². The maximum absolute atomic E-state index is 16.0. The Balaban J connectivity index is 1.51. The van der Waals surface area contributed by atoms with Crippen molar-refractivity contribution < 1.29 is 26.8 Å². The summed E-state index contributed by atoms with van der Waals surface area (Å²) in [6.45, 7) is 2.76. The van der Waals surface area contributed by atoms with E-state index in [1.165, 1.54) is 23.1 Å². The second kappa shape index (κ2) is 11.3. The zero-order chi connectivity index (χ0) is 31.6. The molecule has 0 spiro atoms. The lowest BCUT2D eigenvalue weighted by atomic mass is 9.71. The van der Waals surface area contributed by atoms with Gasteiger partial charge in [-0.05, 0) is 73.2 Å². The van der Waals surface area contributed by atoms with Gasteiger partial charge in [0.25, 0.3) is 0 Å². The molecular weight excluding hydrogens is 633 g/mol. The van der Waals surface area contributed by atoms with Crippen molar-refractivity contribution in [2.45, 2.75) is 37.3 Å². The molecule has 44 heavy (non-hydrogen) atoms. The molecule has 3 aromatic carbocycles. The Morgan fingerprint density at radius 2 is 1.82 bits per heavy atom. The number of sulfonamides is 1. The Morgan fingerprint density at radius 3 is 2.48 bits per heavy atom. The van der Waals surface area contributed by atoms with Crippen molar-refractivity contribution in [2.75, 3.05) is 34.3 Å². The lowest BCUT2D eigenvalue weighted by molar-refractivity contribution is -0.121. The van der Waals surface area contributed by atoms with Crippen molar-refractivity contribution in [1.29, 1.82) is 0 Å². The van der Waals surface area contributed by atoms with Crippen molar-refractivity contribution in [1.82, 2.24) is 4.90 Å². The minimum Gasteiger partial charge on any atom is -0.328 e. The van der Waals surface area contributed by atoms with E-state index < -0.39 is 45.1 Å². The predicted octanol–water partition coefficient (Wildman–Crippen LogP) is 5.97. The van der Waals surface area contributed by atoms with Crippen LogP contribution >= 0.6 is 23.2 Å². The Kier molecular flexibility index (Phi) is 7.88. The van der Waals surface area contributed by atoms with Gasteiger partial charge in [-0.3, -0.25) is 19.2 Å². The fourth-order valence-corrected chi connectivity index (χ4v) is 7.99. The van der Waals surface area contributed by atoms with Gasteiger partial charge in [-0.2, -0.15) is 0 Å². The summed E-state index contributed by atoms with van der Waals surface area (Å²) >= 11 is 12.6. The van der Waals surface area contributed by atoms with Crippen LogP contribution in [0.4, 0.5) is 25.8 Å². The summed E-state index contributed by atoms with van der Waals surface area (Å²) in [6, 6.07) is 13.3. The molecule has 232 valence electrons. The lowest BCUT2D eigenvalue weighted by Gasteiger charge is -2.44.